The topological polar surface area (TPSA) is 99.7 Å². The molecule has 4 aromatic rings. The number of carbonyl (C=O) groups is 2. The number of benzene rings is 3. The van der Waals surface area contributed by atoms with Crippen molar-refractivity contribution in [2.45, 2.75) is 11.1 Å². The molecule has 2 heterocycles. The van der Waals surface area contributed by atoms with E-state index in [1.807, 2.05) is 4.72 Å². The van der Waals surface area contributed by atoms with Crippen LogP contribution in [0.4, 0.5) is 27.6 Å². The maximum atomic E-state index is 14.1. The minimum atomic E-state index is -5.03. The van der Waals surface area contributed by atoms with E-state index in [0.717, 1.165) is 35.2 Å². The van der Waals surface area contributed by atoms with Crippen LogP contribution in [0.3, 0.4) is 0 Å². The van der Waals surface area contributed by atoms with E-state index in [1.165, 1.54) is 23.2 Å². The number of rotatable bonds is 5. The van der Waals surface area contributed by atoms with Crippen molar-refractivity contribution in [3.8, 4) is 0 Å². The summed E-state index contributed by atoms with van der Waals surface area (Å²) in [4.78, 5) is 31.8. The minimum absolute atomic E-state index is 0.0724. The summed E-state index contributed by atoms with van der Waals surface area (Å²) in [6.45, 7) is -0.433. The SMILES string of the molecule is O=C(c1ccc(NS(=O)(=O)c2cccc3cccnc23)c(C(F)(F)F)c1)N1CCN(C(=O)c2c(F)cccc2F)CC1. The van der Waals surface area contributed by atoms with Crippen LogP contribution in [0.15, 0.2) is 77.8 Å². The first-order chi connectivity index (χ1) is 19.9. The second kappa shape index (κ2) is 11.0. The van der Waals surface area contributed by atoms with Gasteiger partial charge in [0.05, 0.1) is 16.8 Å². The van der Waals surface area contributed by atoms with Crippen molar-refractivity contribution in [2.24, 2.45) is 0 Å². The predicted molar refractivity (Wildman–Crippen MR) is 142 cm³/mol. The summed E-state index contributed by atoms with van der Waals surface area (Å²) >= 11 is 0. The zero-order valence-electron chi connectivity index (χ0n) is 21.5. The summed E-state index contributed by atoms with van der Waals surface area (Å²) in [5.74, 6) is -3.77. The number of halogens is 5. The van der Waals surface area contributed by atoms with Crippen LogP contribution in [0.1, 0.15) is 26.3 Å². The molecule has 5 rings (SSSR count). The minimum Gasteiger partial charge on any atom is -0.335 e. The van der Waals surface area contributed by atoms with Gasteiger partial charge in [-0.15, -0.1) is 0 Å². The van der Waals surface area contributed by atoms with Crippen molar-refractivity contribution in [3.63, 3.8) is 0 Å². The van der Waals surface area contributed by atoms with Gasteiger partial charge in [-0.1, -0.05) is 24.3 Å². The number of nitrogens with zero attached hydrogens (tertiary/aromatic N) is 3. The molecule has 0 unspecified atom stereocenters. The molecule has 0 bridgehead atoms. The fourth-order valence-corrected chi connectivity index (χ4v) is 5.91. The van der Waals surface area contributed by atoms with Gasteiger partial charge in [-0.2, -0.15) is 13.2 Å². The van der Waals surface area contributed by atoms with Crippen LogP contribution in [0, 0.1) is 11.6 Å². The highest BCUT2D eigenvalue weighted by molar-refractivity contribution is 7.93. The van der Waals surface area contributed by atoms with E-state index in [9.17, 15) is 40.0 Å². The standard InChI is InChI=1S/C28H21F5N4O4S/c29-20-6-2-7-21(30)24(20)27(39)37-14-12-36(13-15-37)26(38)18-9-10-22(19(16-18)28(31,32)33)35-42(40,41)23-8-1-4-17-5-3-11-34-25(17)23/h1-11,16,35H,12-15H2. The molecule has 1 aliphatic rings. The number of anilines is 1. The smallest absolute Gasteiger partial charge is 0.335 e. The van der Waals surface area contributed by atoms with Crippen LogP contribution < -0.4 is 4.72 Å². The zero-order chi connectivity index (χ0) is 30.2. The number of para-hydroxylation sites is 1. The van der Waals surface area contributed by atoms with Gasteiger partial charge in [0.2, 0.25) is 0 Å². The third-order valence-electron chi connectivity index (χ3n) is 6.73. The van der Waals surface area contributed by atoms with E-state index in [1.54, 1.807) is 18.2 Å². The zero-order valence-corrected chi connectivity index (χ0v) is 22.3. The molecule has 0 atom stereocenters. The maximum Gasteiger partial charge on any atom is 0.418 e. The Bertz CT molecular complexity index is 1780. The number of fused-ring (bicyclic) bond motifs is 1. The molecule has 0 saturated carbocycles. The Balaban J connectivity index is 1.36. The number of carbonyl (C=O) groups excluding carboxylic acids is 2. The molecule has 3 aromatic carbocycles. The fourth-order valence-electron chi connectivity index (χ4n) is 4.65. The Kier molecular flexibility index (Phi) is 7.58. The van der Waals surface area contributed by atoms with Crippen molar-refractivity contribution < 1.29 is 40.0 Å². The number of hydrogen-bond acceptors (Lipinski definition) is 5. The molecule has 1 N–H and O–H groups in total. The largest absolute Gasteiger partial charge is 0.418 e. The highest BCUT2D eigenvalue weighted by Crippen LogP contribution is 2.37. The average molecular weight is 605 g/mol. The Morgan fingerprint density at radius 1 is 0.810 bits per heavy atom. The fraction of sp³-hybridized carbons (Fsp3) is 0.179. The summed E-state index contributed by atoms with van der Waals surface area (Å²) in [6, 6.07) is 12.9. The van der Waals surface area contributed by atoms with E-state index in [-0.39, 0.29) is 42.2 Å². The molecule has 1 aliphatic heterocycles. The third-order valence-corrected chi connectivity index (χ3v) is 8.13. The van der Waals surface area contributed by atoms with Crippen LogP contribution in [-0.2, 0) is 16.2 Å². The van der Waals surface area contributed by atoms with Gasteiger partial charge in [0.15, 0.2) is 0 Å². The summed E-state index contributed by atoms with van der Waals surface area (Å²) in [5, 5.41) is 0.471. The van der Waals surface area contributed by atoms with Gasteiger partial charge in [-0.3, -0.25) is 19.3 Å². The Morgan fingerprint density at radius 2 is 1.40 bits per heavy atom. The summed E-state index contributed by atoms with van der Waals surface area (Å²) < 4.78 is 98.4. The number of aromatic nitrogens is 1. The summed E-state index contributed by atoms with van der Waals surface area (Å²) in [7, 11) is -4.52. The maximum absolute atomic E-state index is 14.1. The number of pyridine rings is 1. The third kappa shape index (κ3) is 5.62. The predicted octanol–water partition coefficient (Wildman–Crippen LogP) is 4.93. The molecule has 0 radical (unpaired) electrons. The van der Waals surface area contributed by atoms with Crippen molar-refractivity contribution in [2.75, 3.05) is 30.9 Å². The number of hydrogen-bond donors (Lipinski definition) is 1. The van der Waals surface area contributed by atoms with Crippen molar-refractivity contribution >= 4 is 38.4 Å². The molecule has 1 aromatic heterocycles. The molecular weight excluding hydrogens is 583 g/mol. The van der Waals surface area contributed by atoms with Gasteiger partial charge >= 0.3 is 6.18 Å². The van der Waals surface area contributed by atoms with E-state index in [2.05, 4.69) is 4.98 Å². The summed E-state index contributed by atoms with van der Waals surface area (Å²) in [5.41, 5.74) is -3.19. The van der Waals surface area contributed by atoms with Crippen LogP contribution in [0.5, 0.6) is 0 Å². The first kappa shape index (κ1) is 28.9. The van der Waals surface area contributed by atoms with Crippen LogP contribution >= 0.6 is 0 Å². The first-order valence-corrected chi connectivity index (χ1v) is 14.0. The lowest BCUT2D eigenvalue weighted by molar-refractivity contribution is -0.136. The van der Waals surface area contributed by atoms with Gasteiger partial charge in [0.25, 0.3) is 21.8 Å². The van der Waals surface area contributed by atoms with Crippen LogP contribution in [-0.4, -0.2) is 61.2 Å². The lowest BCUT2D eigenvalue weighted by atomic mass is 10.1. The van der Waals surface area contributed by atoms with Crippen molar-refractivity contribution in [3.05, 3.63) is 101 Å². The molecule has 0 spiro atoms. The lowest BCUT2D eigenvalue weighted by Crippen LogP contribution is -2.50. The lowest BCUT2D eigenvalue weighted by Gasteiger charge is -2.35. The van der Waals surface area contributed by atoms with Crippen LogP contribution in [0.2, 0.25) is 0 Å². The Morgan fingerprint density at radius 3 is 2.05 bits per heavy atom. The van der Waals surface area contributed by atoms with Gasteiger partial charge in [0, 0.05) is 43.3 Å². The number of alkyl halides is 3. The molecule has 8 nitrogen and oxygen atoms in total. The number of amides is 2. The van der Waals surface area contributed by atoms with Gasteiger partial charge in [-0.25, -0.2) is 17.2 Å². The number of sulfonamides is 1. The second-order valence-corrected chi connectivity index (χ2v) is 11.0. The highest BCUT2D eigenvalue weighted by Gasteiger charge is 2.37. The molecule has 14 heteroatoms. The Labute approximate surface area is 236 Å². The molecule has 1 fully saturated rings. The summed E-state index contributed by atoms with van der Waals surface area (Å²) in [6.07, 6.45) is -3.67. The van der Waals surface area contributed by atoms with E-state index < -0.39 is 56.5 Å². The van der Waals surface area contributed by atoms with Gasteiger partial charge in [-0.05, 0) is 42.5 Å². The second-order valence-electron chi connectivity index (χ2n) is 9.38. The number of nitrogens with one attached hydrogen (secondary N) is 1. The Hall–Kier alpha value is -4.59. The van der Waals surface area contributed by atoms with E-state index in [0.29, 0.717) is 11.5 Å². The van der Waals surface area contributed by atoms with Gasteiger partial charge < -0.3 is 9.80 Å². The monoisotopic (exact) mass is 604 g/mol. The quantitative estimate of drug-likeness (QED) is 0.326. The molecule has 2 amide bonds. The molecular formula is C28H21F5N4O4S. The normalized spacial score (nSPS) is 14.2. The van der Waals surface area contributed by atoms with E-state index in [4.69, 9.17) is 0 Å². The molecule has 42 heavy (non-hydrogen) atoms. The van der Waals surface area contributed by atoms with E-state index >= 15 is 0 Å². The first-order valence-electron chi connectivity index (χ1n) is 12.5. The van der Waals surface area contributed by atoms with Gasteiger partial charge in [0.1, 0.15) is 22.1 Å². The molecule has 1 saturated heterocycles. The molecule has 0 aliphatic carbocycles. The number of piperazine rings is 1. The average Bonchev–Trinajstić information content (AvgIpc) is 2.96. The molecule has 218 valence electrons. The highest BCUT2D eigenvalue weighted by atomic mass is 32.2. The van der Waals surface area contributed by atoms with Crippen molar-refractivity contribution in [1.82, 2.24) is 14.8 Å². The van der Waals surface area contributed by atoms with Crippen molar-refractivity contribution in [1.29, 1.82) is 0 Å². The van der Waals surface area contributed by atoms with Crippen LogP contribution in [0.25, 0.3) is 10.9 Å².